The van der Waals surface area contributed by atoms with Crippen molar-refractivity contribution in [1.82, 2.24) is 0 Å². The molecule has 8 atom stereocenters. The second-order valence-electron chi connectivity index (χ2n) is 8.97. The molecule has 3 fully saturated rings. The van der Waals surface area contributed by atoms with Crippen molar-refractivity contribution in [2.24, 2.45) is 35.0 Å². The summed E-state index contributed by atoms with van der Waals surface area (Å²) in [4.78, 5) is 0. The quantitative estimate of drug-likeness (QED) is 0.670. The van der Waals surface area contributed by atoms with Gasteiger partial charge in [0.05, 0.1) is 11.7 Å². The molecule has 3 saturated carbocycles. The highest BCUT2D eigenvalue weighted by Crippen LogP contribution is 2.61. The van der Waals surface area contributed by atoms with Crippen molar-refractivity contribution in [3.05, 3.63) is 12.2 Å². The topological polar surface area (TPSA) is 40.5 Å². The minimum absolute atomic E-state index is 0.105. The van der Waals surface area contributed by atoms with Gasteiger partial charge < -0.3 is 10.2 Å². The Morgan fingerprint density at radius 2 is 1.67 bits per heavy atom. The zero-order valence-corrected chi connectivity index (χ0v) is 13.5. The van der Waals surface area contributed by atoms with E-state index in [-0.39, 0.29) is 11.5 Å². The third-order valence-corrected chi connectivity index (χ3v) is 7.71. The predicted molar refractivity (Wildman–Crippen MR) is 83.6 cm³/mol. The highest BCUT2D eigenvalue weighted by atomic mass is 16.3. The lowest BCUT2D eigenvalue weighted by Gasteiger charge is -2.56. The molecule has 0 aliphatic heterocycles. The molecule has 4 rings (SSSR count). The fourth-order valence-corrected chi connectivity index (χ4v) is 6.51. The first-order valence-corrected chi connectivity index (χ1v) is 8.99. The van der Waals surface area contributed by atoms with E-state index in [9.17, 15) is 10.2 Å². The normalized spacial score (nSPS) is 59.2. The first-order valence-electron chi connectivity index (χ1n) is 8.99. The van der Waals surface area contributed by atoms with E-state index in [4.69, 9.17) is 0 Å². The van der Waals surface area contributed by atoms with Gasteiger partial charge in [0.15, 0.2) is 0 Å². The summed E-state index contributed by atoms with van der Waals surface area (Å²) in [6.45, 7) is 4.33. The van der Waals surface area contributed by atoms with Gasteiger partial charge in [0.25, 0.3) is 0 Å². The summed E-state index contributed by atoms with van der Waals surface area (Å²) in [5, 5.41) is 20.7. The van der Waals surface area contributed by atoms with Crippen molar-refractivity contribution in [2.45, 2.75) is 70.5 Å². The fourth-order valence-electron chi connectivity index (χ4n) is 6.51. The number of rotatable bonds is 0. The van der Waals surface area contributed by atoms with Crippen LogP contribution in [0.3, 0.4) is 0 Å². The average Bonchev–Trinajstić information content (AvgIpc) is 2.73. The van der Waals surface area contributed by atoms with Crippen molar-refractivity contribution in [3.63, 3.8) is 0 Å². The van der Waals surface area contributed by atoms with E-state index in [0.29, 0.717) is 5.92 Å². The van der Waals surface area contributed by atoms with Crippen LogP contribution < -0.4 is 0 Å². The molecule has 2 heteroatoms. The molecule has 0 aromatic heterocycles. The van der Waals surface area contributed by atoms with Crippen LogP contribution in [0.4, 0.5) is 0 Å². The van der Waals surface area contributed by atoms with Crippen LogP contribution in [0.25, 0.3) is 0 Å². The summed E-state index contributed by atoms with van der Waals surface area (Å²) in [6.07, 6.45) is 12.4. The van der Waals surface area contributed by atoms with Gasteiger partial charge in [0.1, 0.15) is 0 Å². The average molecular weight is 290 g/mol. The van der Waals surface area contributed by atoms with Crippen LogP contribution in [0, 0.1) is 35.0 Å². The van der Waals surface area contributed by atoms with Gasteiger partial charge in [-0.2, -0.15) is 0 Å². The second-order valence-corrected chi connectivity index (χ2v) is 8.97. The highest BCUT2D eigenvalue weighted by Gasteiger charge is 2.55. The largest absolute Gasteiger partial charge is 0.390 e. The van der Waals surface area contributed by atoms with Gasteiger partial charge in [-0.25, -0.2) is 0 Å². The van der Waals surface area contributed by atoms with Crippen LogP contribution in [0.15, 0.2) is 12.2 Å². The van der Waals surface area contributed by atoms with E-state index in [0.717, 1.165) is 36.5 Å². The van der Waals surface area contributed by atoms with Crippen molar-refractivity contribution in [1.29, 1.82) is 0 Å². The lowest BCUT2D eigenvalue weighted by molar-refractivity contribution is -0.103. The Morgan fingerprint density at radius 1 is 0.905 bits per heavy atom. The molecular weight excluding hydrogens is 260 g/mol. The van der Waals surface area contributed by atoms with E-state index in [1.54, 1.807) is 0 Å². The smallest absolute Gasteiger partial charge is 0.0780 e. The maximum atomic E-state index is 10.4. The molecule has 118 valence electrons. The van der Waals surface area contributed by atoms with E-state index in [1.165, 1.54) is 32.1 Å². The number of aliphatic hydroxyl groups excluding tert-OH is 1. The van der Waals surface area contributed by atoms with Crippen LogP contribution in [-0.2, 0) is 0 Å². The Labute approximate surface area is 128 Å². The maximum Gasteiger partial charge on any atom is 0.0780 e. The van der Waals surface area contributed by atoms with Gasteiger partial charge in [-0.1, -0.05) is 19.1 Å². The first-order chi connectivity index (χ1) is 9.91. The number of fused-ring (bicyclic) bond motifs is 5. The van der Waals surface area contributed by atoms with Crippen LogP contribution >= 0.6 is 0 Å². The number of hydrogen-bond acceptors (Lipinski definition) is 2. The van der Waals surface area contributed by atoms with E-state index < -0.39 is 5.60 Å². The lowest BCUT2D eigenvalue weighted by Crippen LogP contribution is -2.51. The Kier molecular flexibility index (Phi) is 3.11. The van der Waals surface area contributed by atoms with Gasteiger partial charge in [0.2, 0.25) is 0 Å². The zero-order valence-electron chi connectivity index (χ0n) is 13.5. The van der Waals surface area contributed by atoms with E-state index in [1.807, 2.05) is 6.92 Å². The van der Waals surface area contributed by atoms with Crippen LogP contribution in [0.2, 0.25) is 0 Å². The van der Waals surface area contributed by atoms with Crippen molar-refractivity contribution < 1.29 is 10.2 Å². The Morgan fingerprint density at radius 3 is 2.48 bits per heavy atom. The molecule has 2 N–H and O–H groups in total. The fraction of sp³-hybridized carbons (Fsp3) is 0.895. The molecule has 21 heavy (non-hydrogen) atoms. The molecule has 0 heterocycles. The summed E-state index contributed by atoms with van der Waals surface area (Å²) in [5.74, 6) is 3.79. The van der Waals surface area contributed by atoms with Gasteiger partial charge in [-0.15, -0.1) is 0 Å². The molecule has 0 spiro atoms. The van der Waals surface area contributed by atoms with Gasteiger partial charge in [-0.05, 0) is 81.5 Å². The van der Waals surface area contributed by atoms with Crippen molar-refractivity contribution >= 4 is 0 Å². The summed E-state index contributed by atoms with van der Waals surface area (Å²) >= 11 is 0. The minimum atomic E-state index is -0.416. The molecule has 0 radical (unpaired) electrons. The van der Waals surface area contributed by atoms with Gasteiger partial charge in [0, 0.05) is 5.41 Å². The van der Waals surface area contributed by atoms with E-state index in [2.05, 4.69) is 19.1 Å². The molecule has 0 aromatic rings. The molecule has 4 unspecified atom stereocenters. The van der Waals surface area contributed by atoms with Crippen LogP contribution in [-0.4, -0.2) is 21.9 Å². The maximum absolute atomic E-state index is 10.4. The highest BCUT2D eigenvalue weighted by molar-refractivity contribution is 5.18. The Hall–Kier alpha value is -0.340. The third kappa shape index (κ3) is 2.05. The molecule has 0 amide bonds. The number of allylic oxidation sites excluding steroid dienone is 1. The van der Waals surface area contributed by atoms with Crippen LogP contribution in [0.5, 0.6) is 0 Å². The summed E-state index contributed by atoms with van der Waals surface area (Å²) in [5.41, 5.74) is -0.311. The number of aliphatic hydroxyl groups is 2. The third-order valence-electron chi connectivity index (χ3n) is 7.71. The molecule has 0 bridgehead atoms. The molecule has 0 saturated heterocycles. The van der Waals surface area contributed by atoms with Crippen LogP contribution in [0.1, 0.15) is 58.8 Å². The van der Waals surface area contributed by atoms with Crippen molar-refractivity contribution in [2.75, 3.05) is 0 Å². The lowest BCUT2D eigenvalue weighted by atomic mass is 9.49. The summed E-state index contributed by atoms with van der Waals surface area (Å²) in [7, 11) is 0. The standard InChI is InChI=1S/C19H30O2/c1-18(21)9-7-13-12(11-18)3-4-15-14(13)8-10-19(2)16(15)5-6-17(19)20/h5-6,12-17,20-21H,3-4,7-11H2,1-2H3/t12?,13?,14-,15?,16+,17?,18-,19+/m1/s1. The summed E-state index contributed by atoms with van der Waals surface area (Å²) < 4.78 is 0. The monoisotopic (exact) mass is 290 g/mol. The zero-order chi connectivity index (χ0) is 14.8. The predicted octanol–water partition coefficient (Wildman–Crippen LogP) is 3.53. The molecule has 0 aromatic carbocycles. The number of hydrogen-bond donors (Lipinski definition) is 2. The second kappa shape index (κ2) is 4.58. The minimum Gasteiger partial charge on any atom is -0.390 e. The Bertz CT molecular complexity index is 454. The SMILES string of the molecule is C[C@@]1(O)CCC2C(CCC3[C@@H]2CC[C@]2(C)C(O)C=C[C@@H]32)C1. The Balaban J connectivity index is 1.57. The van der Waals surface area contributed by atoms with E-state index >= 15 is 0 Å². The summed E-state index contributed by atoms with van der Waals surface area (Å²) in [6, 6.07) is 0. The molecule has 4 aliphatic rings. The van der Waals surface area contributed by atoms with Gasteiger partial charge >= 0.3 is 0 Å². The molecule has 2 nitrogen and oxygen atoms in total. The first kappa shape index (κ1) is 14.3. The van der Waals surface area contributed by atoms with Gasteiger partial charge in [-0.3, -0.25) is 0 Å². The molecular formula is C19H30O2. The van der Waals surface area contributed by atoms with Crippen molar-refractivity contribution in [3.8, 4) is 0 Å². The molecule has 4 aliphatic carbocycles.